The summed E-state index contributed by atoms with van der Waals surface area (Å²) >= 11 is 1.60. The minimum atomic E-state index is -2.88. The molecule has 0 aliphatic carbocycles. The number of sulfone groups is 1. The highest BCUT2D eigenvalue weighted by Crippen LogP contribution is 2.06. The van der Waals surface area contributed by atoms with E-state index >= 15 is 0 Å². The molecular formula is C18H38N2O3S2. The van der Waals surface area contributed by atoms with Crippen molar-refractivity contribution in [3.8, 4) is 0 Å². The largest absolute Gasteiger partial charge is 0.381 e. The summed E-state index contributed by atoms with van der Waals surface area (Å²) in [5, 5.41) is 0. The Morgan fingerprint density at radius 1 is 0.960 bits per heavy atom. The van der Waals surface area contributed by atoms with Crippen molar-refractivity contribution in [2.75, 3.05) is 76.0 Å². The van der Waals surface area contributed by atoms with Gasteiger partial charge in [-0.25, -0.2) is 8.42 Å². The van der Waals surface area contributed by atoms with Crippen LogP contribution in [-0.2, 0) is 14.6 Å². The molecule has 0 radical (unpaired) electrons. The van der Waals surface area contributed by atoms with Crippen LogP contribution in [0.4, 0.5) is 0 Å². The van der Waals surface area contributed by atoms with Gasteiger partial charge in [-0.05, 0) is 38.0 Å². The first-order valence-corrected chi connectivity index (χ1v) is 12.9. The maximum absolute atomic E-state index is 11.9. The van der Waals surface area contributed by atoms with Gasteiger partial charge in [-0.3, -0.25) is 4.90 Å². The second-order valence-corrected chi connectivity index (χ2v) is 10.6. The van der Waals surface area contributed by atoms with Crippen LogP contribution in [0.5, 0.6) is 0 Å². The molecule has 0 saturated carbocycles. The van der Waals surface area contributed by atoms with E-state index in [-0.39, 0.29) is 0 Å². The molecule has 1 saturated heterocycles. The van der Waals surface area contributed by atoms with Gasteiger partial charge in [0.25, 0.3) is 0 Å². The Hall–Kier alpha value is 0.180. The van der Waals surface area contributed by atoms with E-state index in [0.717, 1.165) is 52.4 Å². The minimum absolute atomic E-state index is 0.309. The number of unbranched alkanes of at least 4 members (excludes halogenated alkanes) is 2. The Balaban J connectivity index is 2.02. The average molecular weight is 395 g/mol. The number of nitrogens with zero attached hydrogens (tertiary/aromatic N) is 2. The summed E-state index contributed by atoms with van der Waals surface area (Å²) in [4.78, 5) is 4.81. The smallest absolute Gasteiger partial charge is 0.152 e. The van der Waals surface area contributed by atoms with E-state index in [0.29, 0.717) is 29.7 Å². The lowest BCUT2D eigenvalue weighted by atomic mass is 10.2. The normalized spacial score (nSPS) is 17.4. The van der Waals surface area contributed by atoms with Gasteiger partial charge < -0.3 is 9.64 Å². The standard InChI is InChI=1S/C18H38N2O3S2/c1-18(2)17-23-13-6-4-5-7-19-8-10-20(11-9-19)12-15-25(21,22)16-14-24-3/h18H,4-17H2,1-3H3. The number of hydrogen-bond donors (Lipinski definition) is 0. The molecule has 0 aromatic carbocycles. The fraction of sp³-hybridized carbons (Fsp3) is 1.00. The summed E-state index contributed by atoms with van der Waals surface area (Å²) in [6.45, 7) is 12.1. The fourth-order valence-corrected chi connectivity index (χ4v) is 5.28. The summed E-state index contributed by atoms with van der Waals surface area (Å²) in [5.74, 6) is 1.95. The topological polar surface area (TPSA) is 49.9 Å². The molecule has 7 heteroatoms. The van der Waals surface area contributed by atoms with Gasteiger partial charge in [0.2, 0.25) is 0 Å². The van der Waals surface area contributed by atoms with E-state index in [2.05, 4.69) is 23.6 Å². The maximum atomic E-state index is 11.9. The van der Waals surface area contributed by atoms with Crippen LogP contribution in [0, 0.1) is 5.92 Å². The quantitative estimate of drug-likeness (QED) is 0.421. The van der Waals surface area contributed by atoms with Crippen molar-refractivity contribution in [1.29, 1.82) is 0 Å². The van der Waals surface area contributed by atoms with Crippen LogP contribution < -0.4 is 0 Å². The van der Waals surface area contributed by atoms with E-state index in [4.69, 9.17) is 4.74 Å². The summed E-state index contributed by atoms with van der Waals surface area (Å²) in [7, 11) is -2.88. The van der Waals surface area contributed by atoms with E-state index in [1.807, 2.05) is 6.26 Å². The van der Waals surface area contributed by atoms with Gasteiger partial charge in [-0.1, -0.05) is 13.8 Å². The molecule has 1 aliphatic heterocycles. The van der Waals surface area contributed by atoms with Gasteiger partial charge >= 0.3 is 0 Å². The van der Waals surface area contributed by atoms with E-state index < -0.39 is 9.84 Å². The summed E-state index contributed by atoms with van der Waals surface area (Å²) < 4.78 is 29.5. The molecule has 25 heavy (non-hydrogen) atoms. The third-order valence-electron chi connectivity index (χ3n) is 4.50. The Morgan fingerprint density at radius 3 is 2.20 bits per heavy atom. The van der Waals surface area contributed by atoms with Crippen LogP contribution in [0.2, 0.25) is 0 Å². The number of ether oxygens (including phenoxy) is 1. The van der Waals surface area contributed by atoms with Crippen LogP contribution in [0.3, 0.4) is 0 Å². The molecule has 150 valence electrons. The van der Waals surface area contributed by atoms with Crippen LogP contribution in [0.15, 0.2) is 0 Å². The SMILES string of the molecule is CSCCS(=O)(=O)CCN1CCN(CCCCCOCC(C)C)CC1. The van der Waals surface area contributed by atoms with Gasteiger partial charge in [0.05, 0.1) is 11.5 Å². The molecule has 1 aliphatic rings. The van der Waals surface area contributed by atoms with Crippen LogP contribution >= 0.6 is 11.8 Å². The first kappa shape index (κ1) is 23.2. The second kappa shape index (κ2) is 13.4. The lowest BCUT2D eigenvalue weighted by Crippen LogP contribution is -2.47. The van der Waals surface area contributed by atoms with E-state index in [1.54, 1.807) is 11.8 Å². The Bertz CT molecular complexity index is 422. The summed E-state index contributed by atoms with van der Waals surface area (Å²) in [6.07, 6.45) is 5.56. The molecule has 0 bridgehead atoms. The highest BCUT2D eigenvalue weighted by molar-refractivity contribution is 8.00. The second-order valence-electron chi connectivity index (χ2n) is 7.36. The monoisotopic (exact) mass is 394 g/mol. The third-order valence-corrected chi connectivity index (χ3v) is 7.00. The molecule has 1 rings (SSSR count). The Morgan fingerprint density at radius 2 is 1.60 bits per heavy atom. The molecule has 0 aromatic heterocycles. The average Bonchev–Trinajstić information content (AvgIpc) is 2.58. The first-order chi connectivity index (χ1) is 11.9. The molecule has 0 spiro atoms. The molecule has 1 heterocycles. The van der Waals surface area contributed by atoms with Crippen LogP contribution in [0.25, 0.3) is 0 Å². The number of thioether (sulfide) groups is 1. The molecule has 0 amide bonds. The van der Waals surface area contributed by atoms with Crippen molar-refractivity contribution < 1.29 is 13.2 Å². The molecule has 5 nitrogen and oxygen atoms in total. The van der Waals surface area contributed by atoms with Crippen molar-refractivity contribution in [2.24, 2.45) is 5.92 Å². The van der Waals surface area contributed by atoms with Gasteiger partial charge in [0.1, 0.15) is 0 Å². The summed E-state index contributed by atoms with van der Waals surface area (Å²) in [5.41, 5.74) is 0. The third kappa shape index (κ3) is 12.2. The van der Waals surface area contributed by atoms with Crippen LogP contribution in [0.1, 0.15) is 33.1 Å². The molecule has 0 N–H and O–H groups in total. The molecule has 1 fully saturated rings. The predicted octanol–water partition coefficient (Wildman–Crippen LogP) is 2.22. The Labute approximate surface area is 159 Å². The van der Waals surface area contributed by atoms with Crippen molar-refractivity contribution in [2.45, 2.75) is 33.1 Å². The number of rotatable bonds is 14. The van der Waals surface area contributed by atoms with Gasteiger partial charge in [-0.2, -0.15) is 11.8 Å². The minimum Gasteiger partial charge on any atom is -0.381 e. The zero-order chi connectivity index (χ0) is 18.5. The van der Waals surface area contributed by atoms with E-state index in [1.165, 1.54) is 12.8 Å². The fourth-order valence-electron chi connectivity index (χ4n) is 2.85. The molecule has 0 aromatic rings. The molecule has 0 atom stereocenters. The van der Waals surface area contributed by atoms with Gasteiger partial charge in [0.15, 0.2) is 9.84 Å². The zero-order valence-corrected chi connectivity index (χ0v) is 18.0. The van der Waals surface area contributed by atoms with Crippen molar-refractivity contribution in [1.82, 2.24) is 9.80 Å². The maximum Gasteiger partial charge on any atom is 0.152 e. The van der Waals surface area contributed by atoms with Gasteiger partial charge in [0, 0.05) is 51.7 Å². The lowest BCUT2D eigenvalue weighted by molar-refractivity contribution is 0.104. The number of hydrogen-bond acceptors (Lipinski definition) is 6. The molecule has 0 unspecified atom stereocenters. The lowest BCUT2D eigenvalue weighted by Gasteiger charge is -2.34. The van der Waals surface area contributed by atoms with Crippen molar-refractivity contribution >= 4 is 21.6 Å². The van der Waals surface area contributed by atoms with Crippen molar-refractivity contribution in [3.05, 3.63) is 0 Å². The predicted molar refractivity (Wildman–Crippen MR) is 109 cm³/mol. The first-order valence-electron chi connectivity index (χ1n) is 9.65. The highest BCUT2D eigenvalue weighted by Gasteiger charge is 2.18. The number of piperazine rings is 1. The molecular weight excluding hydrogens is 356 g/mol. The van der Waals surface area contributed by atoms with Gasteiger partial charge in [-0.15, -0.1) is 0 Å². The summed E-state index contributed by atoms with van der Waals surface area (Å²) in [6, 6.07) is 0. The highest BCUT2D eigenvalue weighted by atomic mass is 32.2. The Kier molecular flexibility index (Phi) is 12.4. The van der Waals surface area contributed by atoms with Crippen molar-refractivity contribution in [3.63, 3.8) is 0 Å². The van der Waals surface area contributed by atoms with Crippen LogP contribution in [-0.4, -0.2) is 94.2 Å². The van der Waals surface area contributed by atoms with E-state index in [9.17, 15) is 8.42 Å². The zero-order valence-electron chi connectivity index (χ0n) is 16.4.